The van der Waals surface area contributed by atoms with Gasteiger partial charge in [-0.05, 0) is 37.8 Å². The lowest BCUT2D eigenvalue weighted by Gasteiger charge is -2.16. The standard InChI is InChI=1S/C21H26F2N4O3S/c22-12-7-15(5-6-27(10-12)21(29)30)31-11-18-25-17-9-14(24-13-3-1-2-4-13)8-16(23)19(17)20(28)26-18/h8-9,12-13,15,24H,1-7,10-11H2,(H,29,30)(H,25,26,28)/t12-,15+/m1/s1. The van der Waals surface area contributed by atoms with Crippen LogP contribution in [0.25, 0.3) is 10.9 Å². The van der Waals surface area contributed by atoms with Crippen LogP contribution < -0.4 is 10.9 Å². The van der Waals surface area contributed by atoms with Gasteiger partial charge >= 0.3 is 6.09 Å². The Hall–Kier alpha value is -2.36. The Morgan fingerprint density at radius 1 is 1.32 bits per heavy atom. The minimum atomic E-state index is -1.22. The van der Waals surface area contributed by atoms with Gasteiger partial charge in [-0.2, -0.15) is 11.8 Å². The number of thioether (sulfide) groups is 1. The molecular formula is C21H26F2N4O3S. The molecule has 1 aromatic heterocycles. The number of fused-ring (bicyclic) bond motifs is 1. The monoisotopic (exact) mass is 452 g/mol. The first-order chi connectivity index (χ1) is 14.9. The van der Waals surface area contributed by atoms with Crippen molar-refractivity contribution in [3.05, 3.63) is 34.1 Å². The molecule has 1 aliphatic heterocycles. The molecule has 1 aliphatic carbocycles. The van der Waals surface area contributed by atoms with Gasteiger partial charge in [-0.3, -0.25) is 4.79 Å². The summed E-state index contributed by atoms with van der Waals surface area (Å²) in [5.74, 6) is 0.121. The summed E-state index contributed by atoms with van der Waals surface area (Å²) in [7, 11) is 0. The normalized spacial score (nSPS) is 22.6. The Kier molecular flexibility index (Phi) is 6.64. The number of carbonyl (C=O) groups is 1. The molecule has 1 amide bonds. The molecule has 168 valence electrons. The van der Waals surface area contributed by atoms with Crippen LogP contribution >= 0.6 is 11.8 Å². The Balaban J connectivity index is 1.48. The smallest absolute Gasteiger partial charge is 0.407 e. The van der Waals surface area contributed by atoms with E-state index < -0.39 is 23.6 Å². The number of nitrogens with zero attached hydrogens (tertiary/aromatic N) is 2. The van der Waals surface area contributed by atoms with Crippen LogP contribution in [0.5, 0.6) is 0 Å². The van der Waals surface area contributed by atoms with Crippen LogP contribution in [0.3, 0.4) is 0 Å². The number of nitrogens with one attached hydrogen (secondary N) is 2. The van der Waals surface area contributed by atoms with Crippen LogP contribution in [0.4, 0.5) is 19.3 Å². The zero-order chi connectivity index (χ0) is 22.0. The molecule has 0 bridgehead atoms. The molecule has 7 nitrogen and oxygen atoms in total. The van der Waals surface area contributed by atoms with Gasteiger partial charge in [0, 0.05) is 23.5 Å². The van der Waals surface area contributed by atoms with E-state index in [9.17, 15) is 18.4 Å². The van der Waals surface area contributed by atoms with Gasteiger partial charge in [-0.25, -0.2) is 18.6 Å². The third-order valence-corrected chi connectivity index (χ3v) is 7.26. The molecule has 31 heavy (non-hydrogen) atoms. The summed E-state index contributed by atoms with van der Waals surface area (Å²) in [5, 5.41) is 12.3. The molecule has 2 heterocycles. The number of hydrogen-bond acceptors (Lipinski definition) is 5. The van der Waals surface area contributed by atoms with Crippen LogP contribution in [0, 0.1) is 5.82 Å². The highest BCUT2D eigenvalue weighted by Gasteiger charge is 2.27. The van der Waals surface area contributed by atoms with Gasteiger partial charge in [0.15, 0.2) is 0 Å². The zero-order valence-corrected chi connectivity index (χ0v) is 17.9. The number of carboxylic acid groups (broad SMARTS) is 1. The predicted octanol–water partition coefficient (Wildman–Crippen LogP) is 4.13. The molecule has 0 spiro atoms. The first-order valence-electron chi connectivity index (χ1n) is 10.6. The van der Waals surface area contributed by atoms with E-state index in [1.54, 1.807) is 6.07 Å². The van der Waals surface area contributed by atoms with Gasteiger partial charge in [-0.1, -0.05) is 12.8 Å². The second-order valence-electron chi connectivity index (χ2n) is 8.27. The second kappa shape index (κ2) is 9.42. The predicted molar refractivity (Wildman–Crippen MR) is 117 cm³/mol. The lowest BCUT2D eigenvalue weighted by molar-refractivity contribution is 0.134. The number of benzene rings is 1. The molecule has 1 saturated carbocycles. The number of amides is 1. The number of aromatic amines is 1. The van der Waals surface area contributed by atoms with Crippen LogP contribution in [-0.2, 0) is 5.75 Å². The fourth-order valence-corrected chi connectivity index (χ4v) is 5.51. The van der Waals surface area contributed by atoms with Gasteiger partial charge in [0.2, 0.25) is 0 Å². The maximum atomic E-state index is 14.6. The average Bonchev–Trinajstić information content (AvgIpc) is 3.13. The zero-order valence-electron chi connectivity index (χ0n) is 17.1. The lowest BCUT2D eigenvalue weighted by Crippen LogP contribution is -2.33. The first-order valence-corrected chi connectivity index (χ1v) is 11.7. The van der Waals surface area contributed by atoms with Crippen LogP contribution in [-0.4, -0.2) is 56.6 Å². The van der Waals surface area contributed by atoms with E-state index in [1.165, 1.54) is 17.8 Å². The van der Waals surface area contributed by atoms with E-state index in [4.69, 9.17) is 5.11 Å². The van der Waals surface area contributed by atoms with Crippen molar-refractivity contribution in [2.45, 2.75) is 61.7 Å². The van der Waals surface area contributed by atoms with E-state index in [-0.39, 0.29) is 30.1 Å². The number of H-pyrrole nitrogens is 1. The Morgan fingerprint density at radius 3 is 2.84 bits per heavy atom. The number of likely N-dealkylation sites (tertiary alicyclic amines) is 1. The van der Waals surface area contributed by atoms with Crippen molar-refractivity contribution in [1.82, 2.24) is 14.9 Å². The van der Waals surface area contributed by atoms with Crippen LogP contribution in [0.2, 0.25) is 0 Å². The van der Waals surface area contributed by atoms with Crippen molar-refractivity contribution < 1.29 is 18.7 Å². The fraction of sp³-hybridized carbons (Fsp3) is 0.571. The SMILES string of the molecule is O=C(O)N1CC[C@H](SCc2nc3cc(NC4CCCC4)cc(F)c3c(=O)[nH]2)C[C@@H](F)C1. The molecule has 0 unspecified atom stereocenters. The van der Waals surface area contributed by atoms with Crippen molar-refractivity contribution in [3.8, 4) is 0 Å². The number of aromatic nitrogens is 2. The maximum Gasteiger partial charge on any atom is 0.407 e. The molecular weight excluding hydrogens is 426 g/mol. The van der Waals surface area contributed by atoms with Crippen LogP contribution in [0.15, 0.2) is 16.9 Å². The Labute approximate surface area is 182 Å². The van der Waals surface area contributed by atoms with Crippen molar-refractivity contribution in [1.29, 1.82) is 0 Å². The van der Waals surface area contributed by atoms with E-state index in [1.807, 2.05) is 0 Å². The molecule has 2 atom stereocenters. The van der Waals surface area contributed by atoms with Crippen molar-refractivity contribution in [3.63, 3.8) is 0 Å². The molecule has 3 N–H and O–H groups in total. The van der Waals surface area contributed by atoms with Crippen molar-refractivity contribution in [2.24, 2.45) is 0 Å². The van der Waals surface area contributed by atoms with E-state index in [2.05, 4.69) is 15.3 Å². The third kappa shape index (κ3) is 5.28. The van der Waals surface area contributed by atoms with Gasteiger partial charge < -0.3 is 20.3 Å². The minimum Gasteiger partial charge on any atom is -0.465 e. The van der Waals surface area contributed by atoms with Crippen molar-refractivity contribution in [2.75, 3.05) is 18.4 Å². The number of hydrogen-bond donors (Lipinski definition) is 3. The molecule has 2 aliphatic rings. The molecule has 10 heteroatoms. The number of halogens is 2. The molecule has 4 rings (SSSR count). The van der Waals surface area contributed by atoms with Gasteiger partial charge in [0.05, 0.1) is 17.8 Å². The number of rotatable bonds is 5. The Morgan fingerprint density at radius 2 is 2.10 bits per heavy atom. The molecule has 0 radical (unpaired) electrons. The largest absolute Gasteiger partial charge is 0.465 e. The fourth-order valence-electron chi connectivity index (χ4n) is 4.36. The quantitative estimate of drug-likeness (QED) is 0.631. The highest BCUT2D eigenvalue weighted by Crippen LogP contribution is 2.28. The van der Waals surface area contributed by atoms with Crippen LogP contribution in [0.1, 0.15) is 44.3 Å². The highest BCUT2D eigenvalue weighted by atomic mass is 32.2. The van der Waals surface area contributed by atoms with Gasteiger partial charge in [-0.15, -0.1) is 0 Å². The number of alkyl halides is 1. The summed E-state index contributed by atoms with van der Waals surface area (Å²) in [6, 6.07) is 3.35. The highest BCUT2D eigenvalue weighted by molar-refractivity contribution is 7.99. The summed E-state index contributed by atoms with van der Waals surface area (Å²) in [6.45, 7) is 0.157. The van der Waals surface area contributed by atoms with E-state index >= 15 is 0 Å². The third-order valence-electron chi connectivity index (χ3n) is 5.92. The second-order valence-corrected chi connectivity index (χ2v) is 9.56. The topological polar surface area (TPSA) is 98.3 Å². The number of anilines is 1. The average molecular weight is 453 g/mol. The van der Waals surface area contributed by atoms with Gasteiger partial charge in [0.1, 0.15) is 23.2 Å². The summed E-state index contributed by atoms with van der Waals surface area (Å²) < 4.78 is 28.7. The van der Waals surface area contributed by atoms with Crippen molar-refractivity contribution >= 4 is 34.4 Å². The first kappa shape index (κ1) is 21.9. The summed E-state index contributed by atoms with van der Waals surface area (Å²) in [5.41, 5.74) is 0.374. The molecule has 1 saturated heterocycles. The molecule has 2 aromatic rings. The molecule has 1 aromatic carbocycles. The Bertz CT molecular complexity index is 1010. The summed E-state index contributed by atoms with van der Waals surface area (Å²) in [6.07, 6.45) is 2.82. The van der Waals surface area contributed by atoms with Gasteiger partial charge in [0.25, 0.3) is 5.56 Å². The van der Waals surface area contributed by atoms with E-state index in [0.717, 1.165) is 30.6 Å². The summed E-state index contributed by atoms with van der Waals surface area (Å²) >= 11 is 1.43. The lowest BCUT2D eigenvalue weighted by atomic mass is 10.2. The summed E-state index contributed by atoms with van der Waals surface area (Å²) in [4.78, 5) is 31.8. The minimum absolute atomic E-state index is 0.0684. The van der Waals surface area contributed by atoms with E-state index in [0.29, 0.717) is 35.2 Å². The molecule has 2 fully saturated rings. The maximum absolute atomic E-state index is 14.6.